The maximum Gasteiger partial charge on any atom is 0.501 e. The van der Waals surface area contributed by atoms with Gasteiger partial charge in [-0.1, -0.05) is 0 Å². The van der Waals surface area contributed by atoms with Crippen LogP contribution in [0.25, 0.3) is 0 Å². The summed E-state index contributed by atoms with van der Waals surface area (Å²) in [6.45, 7) is 1.44. The summed E-state index contributed by atoms with van der Waals surface area (Å²) in [5.41, 5.74) is -0.742. The van der Waals surface area contributed by atoms with Crippen molar-refractivity contribution in [1.82, 2.24) is 10.3 Å². The van der Waals surface area contributed by atoms with Crippen molar-refractivity contribution in [3.63, 3.8) is 0 Å². The Balaban J connectivity index is 1.91. The van der Waals surface area contributed by atoms with E-state index in [0.29, 0.717) is 22.6 Å². The van der Waals surface area contributed by atoms with Crippen LogP contribution in [0.4, 0.5) is 23.7 Å². The number of rotatable bonds is 5. The molecule has 1 unspecified atom stereocenters. The number of hydrogen-bond acceptors (Lipinski definition) is 6. The van der Waals surface area contributed by atoms with E-state index in [9.17, 15) is 31.2 Å². The van der Waals surface area contributed by atoms with Crippen molar-refractivity contribution in [2.24, 2.45) is 5.73 Å². The van der Waals surface area contributed by atoms with Gasteiger partial charge in [-0.05, 0) is 42.8 Å². The van der Waals surface area contributed by atoms with Crippen molar-refractivity contribution in [2.45, 2.75) is 29.3 Å². The summed E-state index contributed by atoms with van der Waals surface area (Å²) in [4.78, 5) is 29.0. The number of carbonyl (C=O) groups excluding carboxylic acids is 2. The number of anilines is 1. The summed E-state index contributed by atoms with van der Waals surface area (Å²) < 4.78 is 61.1. The third kappa shape index (κ3) is 3.83. The largest absolute Gasteiger partial charge is 0.501 e. The van der Waals surface area contributed by atoms with Crippen molar-refractivity contribution in [1.29, 1.82) is 5.41 Å². The number of hydrogen-bond donors (Lipinski definition) is 3. The topological polar surface area (TPSA) is 146 Å². The standard InChI is InChI=1S/C18H16F3N5O4S/c1-17(8-10-6-7-24-9-13(10)14(22)23)15(27)26(16(28)25-17)11-2-4-12(5-3-11)31(29,30)18(19,20)21/h2-7,9H,8H2,1H3,(H3,22,23)(H,25,28). The maximum absolute atomic E-state index is 13.0. The Kier molecular flexibility index (Phi) is 5.26. The van der Waals surface area contributed by atoms with Gasteiger partial charge in [-0.15, -0.1) is 0 Å². The molecule has 2 aromatic rings. The number of amides is 3. The molecule has 164 valence electrons. The molecule has 0 bridgehead atoms. The van der Waals surface area contributed by atoms with Crippen molar-refractivity contribution in [3.8, 4) is 0 Å². The van der Waals surface area contributed by atoms with Crippen molar-refractivity contribution in [3.05, 3.63) is 53.9 Å². The number of nitrogen functional groups attached to an aromatic ring is 1. The van der Waals surface area contributed by atoms with Gasteiger partial charge in [-0.2, -0.15) is 13.2 Å². The third-order valence-electron chi connectivity index (χ3n) is 4.72. The first-order chi connectivity index (χ1) is 14.3. The summed E-state index contributed by atoms with van der Waals surface area (Å²) in [7, 11) is -5.56. The Morgan fingerprint density at radius 2 is 1.84 bits per heavy atom. The van der Waals surface area contributed by atoms with Crippen LogP contribution >= 0.6 is 0 Å². The number of halogens is 3. The van der Waals surface area contributed by atoms with E-state index >= 15 is 0 Å². The molecule has 2 heterocycles. The van der Waals surface area contributed by atoms with Gasteiger partial charge >= 0.3 is 11.5 Å². The molecule has 31 heavy (non-hydrogen) atoms. The first kappa shape index (κ1) is 22.2. The predicted molar refractivity (Wildman–Crippen MR) is 103 cm³/mol. The van der Waals surface area contributed by atoms with E-state index in [2.05, 4.69) is 10.3 Å². The van der Waals surface area contributed by atoms with E-state index in [1.165, 1.54) is 19.3 Å². The predicted octanol–water partition coefficient (Wildman–Crippen LogP) is 1.72. The molecule has 9 nitrogen and oxygen atoms in total. The van der Waals surface area contributed by atoms with Gasteiger partial charge in [0.15, 0.2) is 0 Å². The molecule has 0 saturated carbocycles. The van der Waals surface area contributed by atoms with Crippen LogP contribution in [0.15, 0.2) is 47.6 Å². The summed E-state index contributed by atoms with van der Waals surface area (Å²) in [6, 6.07) is 3.93. The highest BCUT2D eigenvalue weighted by atomic mass is 32.2. The molecule has 13 heteroatoms. The third-order valence-corrected chi connectivity index (χ3v) is 6.22. The monoisotopic (exact) mass is 455 g/mol. The van der Waals surface area contributed by atoms with Crippen LogP contribution in [0.5, 0.6) is 0 Å². The van der Waals surface area contributed by atoms with Crippen molar-refractivity contribution in [2.75, 3.05) is 4.90 Å². The fraction of sp³-hybridized carbons (Fsp3) is 0.222. The molecule has 1 atom stereocenters. The minimum absolute atomic E-state index is 0.0357. The molecule has 3 amide bonds. The zero-order valence-corrected chi connectivity index (χ0v) is 16.7. The van der Waals surface area contributed by atoms with Gasteiger partial charge in [0.05, 0.1) is 10.6 Å². The number of alkyl halides is 3. The molecule has 1 aromatic heterocycles. The van der Waals surface area contributed by atoms with Crippen LogP contribution in [0.3, 0.4) is 0 Å². The molecule has 1 saturated heterocycles. The molecular weight excluding hydrogens is 439 g/mol. The lowest BCUT2D eigenvalue weighted by molar-refractivity contribution is -0.121. The Hall–Kier alpha value is -3.48. The van der Waals surface area contributed by atoms with Crippen molar-refractivity contribution >= 4 is 33.3 Å². The number of pyridine rings is 1. The van der Waals surface area contributed by atoms with E-state index in [1.54, 1.807) is 6.07 Å². The Labute approximate surface area is 174 Å². The van der Waals surface area contributed by atoms with Gasteiger partial charge in [0.2, 0.25) is 0 Å². The van der Waals surface area contributed by atoms with Crippen LogP contribution in [0.2, 0.25) is 0 Å². The van der Waals surface area contributed by atoms with Gasteiger partial charge < -0.3 is 11.1 Å². The molecule has 0 aliphatic carbocycles. The first-order valence-electron chi connectivity index (χ1n) is 8.63. The molecular formula is C18H16F3N5O4S. The van der Waals surface area contributed by atoms with Gasteiger partial charge in [-0.25, -0.2) is 18.1 Å². The van der Waals surface area contributed by atoms with E-state index in [-0.39, 0.29) is 23.5 Å². The highest BCUT2D eigenvalue weighted by molar-refractivity contribution is 7.92. The second kappa shape index (κ2) is 7.34. The lowest BCUT2D eigenvalue weighted by atomic mass is 9.90. The average molecular weight is 455 g/mol. The van der Waals surface area contributed by atoms with Gasteiger partial charge in [0.1, 0.15) is 11.4 Å². The number of amidine groups is 1. The second-order valence-electron chi connectivity index (χ2n) is 6.97. The minimum Gasteiger partial charge on any atom is -0.384 e. The Morgan fingerprint density at radius 3 is 2.39 bits per heavy atom. The number of imide groups is 1. The normalized spacial score (nSPS) is 19.4. The number of aromatic nitrogens is 1. The fourth-order valence-electron chi connectivity index (χ4n) is 3.15. The minimum atomic E-state index is -5.56. The lowest BCUT2D eigenvalue weighted by Crippen LogP contribution is -2.46. The molecule has 1 aliphatic heterocycles. The number of nitrogens with zero attached hydrogens (tertiary/aromatic N) is 2. The van der Waals surface area contributed by atoms with E-state index in [1.807, 2.05) is 0 Å². The van der Waals surface area contributed by atoms with E-state index in [4.69, 9.17) is 11.1 Å². The van der Waals surface area contributed by atoms with Crippen LogP contribution in [-0.2, 0) is 21.1 Å². The second-order valence-corrected chi connectivity index (χ2v) is 8.91. The molecule has 1 aliphatic rings. The van der Waals surface area contributed by atoms with Crippen LogP contribution in [-0.4, -0.2) is 42.2 Å². The number of carbonyl (C=O) groups is 2. The zero-order chi connectivity index (χ0) is 23.2. The number of nitrogens with one attached hydrogen (secondary N) is 2. The van der Waals surface area contributed by atoms with Crippen LogP contribution in [0, 0.1) is 5.41 Å². The van der Waals surface area contributed by atoms with Crippen LogP contribution < -0.4 is 16.0 Å². The number of sulfone groups is 1. The quantitative estimate of drug-likeness (QED) is 0.355. The zero-order valence-electron chi connectivity index (χ0n) is 15.9. The molecule has 0 radical (unpaired) electrons. The molecule has 1 fully saturated rings. The summed E-state index contributed by atoms with van der Waals surface area (Å²) in [5, 5.41) is 10.1. The van der Waals surface area contributed by atoms with E-state index < -0.39 is 37.7 Å². The molecule has 3 rings (SSSR count). The number of nitrogens with two attached hydrogens (primary N) is 1. The number of urea groups is 1. The number of benzene rings is 1. The van der Waals surface area contributed by atoms with Gasteiger partial charge in [0, 0.05) is 24.4 Å². The van der Waals surface area contributed by atoms with Crippen LogP contribution in [0.1, 0.15) is 18.1 Å². The fourth-order valence-corrected chi connectivity index (χ4v) is 3.91. The summed E-state index contributed by atoms with van der Waals surface area (Å²) in [5.74, 6) is -0.989. The Bertz CT molecular complexity index is 1180. The molecule has 1 aromatic carbocycles. The average Bonchev–Trinajstić information content (AvgIpc) is 2.89. The lowest BCUT2D eigenvalue weighted by Gasteiger charge is -2.23. The highest BCUT2D eigenvalue weighted by Crippen LogP contribution is 2.33. The van der Waals surface area contributed by atoms with Gasteiger partial charge in [-0.3, -0.25) is 15.2 Å². The highest BCUT2D eigenvalue weighted by Gasteiger charge is 2.49. The van der Waals surface area contributed by atoms with Crippen molar-refractivity contribution < 1.29 is 31.2 Å². The summed E-state index contributed by atoms with van der Waals surface area (Å²) >= 11 is 0. The Morgan fingerprint density at radius 1 is 1.23 bits per heavy atom. The summed E-state index contributed by atoms with van der Waals surface area (Å²) in [6.07, 6.45) is 2.75. The maximum atomic E-state index is 13.0. The molecule has 0 spiro atoms. The van der Waals surface area contributed by atoms with E-state index in [0.717, 1.165) is 12.1 Å². The molecule has 4 N–H and O–H groups in total. The van der Waals surface area contributed by atoms with Gasteiger partial charge in [0.25, 0.3) is 15.7 Å². The smallest absolute Gasteiger partial charge is 0.384 e. The SMILES string of the molecule is CC1(Cc2ccncc2C(=N)N)NC(=O)N(c2ccc(S(=O)(=O)C(F)(F)F)cc2)C1=O. The first-order valence-corrected chi connectivity index (χ1v) is 10.1.